The van der Waals surface area contributed by atoms with E-state index in [9.17, 15) is 0 Å². The zero-order valence-corrected chi connectivity index (χ0v) is 14.7. The van der Waals surface area contributed by atoms with Gasteiger partial charge in [0.2, 0.25) is 0 Å². The topological polar surface area (TPSA) is 63.3 Å². The predicted molar refractivity (Wildman–Crippen MR) is 102 cm³/mol. The first kappa shape index (κ1) is 16.7. The van der Waals surface area contributed by atoms with Crippen LogP contribution in [-0.2, 0) is 6.42 Å². The van der Waals surface area contributed by atoms with Gasteiger partial charge in [0.1, 0.15) is 5.82 Å². The van der Waals surface area contributed by atoms with Gasteiger partial charge in [0.15, 0.2) is 5.96 Å². The van der Waals surface area contributed by atoms with E-state index in [4.69, 9.17) is 5.73 Å². The Balaban J connectivity index is 0.00000176. The number of nitrogens with one attached hydrogen (secondary N) is 1. The first-order chi connectivity index (χ1) is 10.3. The van der Waals surface area contributed by atoms with E-state index in [0.717, 1.165) is 12.4 Å². The Bertz CT molecular complexity index is 628. The number of guanidine groups is 1. The largest absolute Gasteiger partial charge is 0.370 e. The molecule has 4 nitrogen and oxygen atoms in total. The van der Waals surface area contributed by atoms with Crippen molar-refractivity contribution in [2.75, 3.05) is 11.9 Å². The van der Waals surface area contributed by atoms with Crippen LogP contribution in [0.4, 0.5) is 5.82 Å². The van der Waals surface area contributed by atoms with Crippen molar-refractivity contribution in [3.8, 4) is 0 Å². The van der Waals surface area contributed by atoms with E-state index >= 15 is 0 Å². The number of aromatic nitrogens is 1. The van der Waals surface area contributed by atoms with Gasteiger partial charge in [-0.15, -0.1) is 24.0 Å². The Hall–Kier alpha value is -1.63. The van der Waals surface area contributed by atoms with Crippen LogP contribution in [0.3, 0.4) is 0 Å². The molecule has 0 saturated carbocycles. The molecule has 0 amide bonds. The first-order valence-corrected chi connectivity index (χ1v) is 7.39. The second kappa shape index (κ2) is 8.12. The predicted octanol–water partition coefficient (Wildman–Crippen LogP) is 3.55. The summed E-state index contributed by atoms with van der Waals surface area (Å²) in [7, 11) is 0. The third-order valence-electron chi connectivity index (χ3n) is 3.90. The van der Waals surface area contributed by atoms with Gasteiger partial charge in [0, 0.05) is 18.7 Å². The second-order valence-electron chi connectivity index (χ2n) is 5.35. The van der Waals surface area contributed by atoms with E-state index in [1.54, 1.807) is 6.20 Å². The van der Waals surface area contributed by atoms with Gasteiger partial charge >= 0.3 is 0 Å². The number of fused-ring (bicyclic) bond motifs is 1. The molecule has 1 aromatic heterocycles. The van der Waals surface area contributed by atoms with Gasteiger partial charge in [-0.25, -0.2) is 4.98 Å². The molecule has 116 valence electrons. The van der Waals surface area contributed by atoms with Crippen LogP contribution < -0.4 is 11.1 Å². The quantitative estimate of drug-likeness (QED) is 0.464. The number of pyridine rings is 1. The van der Waals surface area contributed by atoms with E-state index in [0.29, 0.717) is 11.9 Å². The molecular formula is C17H21IN4. The molecule has 3 N–H and O–H groups in total. The van der Waals surface area contributed by atoms with Gasteiger partial charge in [-0.3, -0.25) is 4.99 Å². The Kier molecular flexibility index (Phi) is 6.18. The van der Waals surface area contributed by atoms with Crippen LogP contribution >= 0.6 is 24.0 Å². The molecule has 0 aliphatic heterocycles. The smallest absolute Gasteiger partial charge is 0.194 e. The molecule has 1 aromatic carbocycles. The highest BCUT2D eigenvalue weighted by molar-refractivity contribution is 14.0. The van der Waals surface area contributed by atoms with Crippen LogP contribution in [0.5, 0.6) is 0 Å². The summed E-state index contributed by atoms with van der Waals surface area (Å²) in [5.74, 6) is 1.62. The molecule has 1 aliphatic carbocycles. The average molecular weight is 408 g/mol. The summed E-state index contributed by atoms with van der Waals surface area (Å²) in [6, 6.07) is 14.3. The lowest BCUT2D eigenvalue weighted by molar-refractivity contribution is 0.561. The molecule has 0 fully saturated rings. The Morgan fingerprint density at radius 1 is 1.23 bits per heavy atom. The average Bonchev–Trinajstić information content (AvgIpc) is 2.54. The first-order valence-electron chi connectivity index (χ1n) is 7.39. The molecule has 0 bridgehead atoms. The van der Waals surface area contributed by atoms with Crippen molar-refractivity contribution < 1.29 is 0 Å². The van der Waals surface area contributed by atoms with Crippen LogP contribution in [0.15, 0.2) is 53.7 Å². The highest BCUT2D eigenvalue weighted by Crippen LogP contribution is 2.31. The van der Waals surface area contributed by atoms with E-state index < -0.39 is 0 Å². The van der Waals surface area contributed by atoms with Crippen LogP contribution in [0, 0.1) is 0 Å². The van der Waals surface area contributed by atoms with Crippen LogP contribution in [0.1, 0.15) is 29.9 Å². The minimum Gasteiger partial charge on any atom is -0.370 e. The third-order valence-corrected chi connectivity index (χ3v) is 3.90. The number of aliphatic imine (C=N–C) groups is 1. The second-order valence-corrected chi connectivity index (χ2v) is 5.35. The van der Waals surface area contributed by atoms with Gasteiger partial charge in [-0.1, -0.05) is 30.3 Å². The zero-order valence-electron chi connectivity index (χ0n) is 12.4. The molecule has 1 unspecified atom stereocenters. The Morgan fingerprint density at radius 2 is 2.05 bits per heavy atom. The van der Waals surface area contributed by atoms with Crippen molar-refractivity contribution in [1.82, 2.24) is 4.98 Å². The fraction of sp³-hybridized carbons (Fsp3) is 0.294. The lowest BCUT2D eigenvalue weighted by Crippen LogP contribution is -2.24. The van der Waals surface area contributed by atoms with Crippen LogP contribution in [0.2, 0.25) is 0 Å². The summed E-state index contributed by atoms with van der Waals surface area (Å²) in [5, 5.41) is 3.02. The zero-order chi connectivity index (χ0) is 14.5. The van der Waals surface area contributed by atoms with Crippen molar-refractivity contribution in [2.45, 2.75) is 25.2 Å². The number of hydrogen-bond acceptors (Lipinski definition) is 2. The number of halogens is 1. The van der Waals surface area contributed by atoms with Crippen molar-refractivity contribution >= 4 is 35.8 Å². The van der Waals surface area contributed by atoms with Crippen molar-refractivity contribution in [2.24, 2.45) is 10.7 Å². The standard InChI is InChI=1S/C17H20N4.HI/c18-17(21-16-10-3-4-11-19-16)20-12-14-8-5-7-13-6-1-2-9-15(13)14;/h1-4,6,9-11,14H,5,7-8,12H2,(H3,18,19,20,21);1H. The summed E-state index contributed by atoms with van der Waals surface area (Å²) < 4.78 is 0. The van der Waals surface area contributed by atoms with Crippen molar-refractivity contribution in [3.63, 3.8) is 0 Å². The summed E-state index contributed by atoms with van der Waals surface area (Å²) in [6.07, 6.45) is 5.31. The van der Waals surface area contributed by atoms with Crippen molar-refractivity contribution in [1.29, 1.82) is 0 Å². The number of nitrogens with zero attached hydrogens (tertiary/aromatic N) is 2. The Morgan fingerprint density at radius 3 is 2.86 bits per heavy atom. The van der Waals surface area contributed by atoms with Gasteiger partial charge in [0.05, 0.1) is 0 Å². The number of rotatable bonds is 3. The number of aryl methyl sites for hydroxylation is 1. The van der Waals surface area contributed by atoms with Crippen LogP contribution in [-0.4, -0.2) is 17.5 Å². The molecule has 1 heterocycles. The highest BCUT2D eigenvalue weighted by atomic mass is 127. The van der Waals surface area contributed by atoms with Crippen molar-refractivity contribution in [3.05, 3.63) is 59.8 Å². The molecule has 0 saturated heterocycles. The van der Waals surface area contributed by atoms with Gasteiger partial charge < -0.3 is 11.1 Å². The number of benzene rings is 1. The maximum atomic E-state index is 5.94. The van der Waals surface area contributed by atoms with Gasteiger partial charge in [-0.05, 0) is 42.5 Å². The maximum absolute atomic E-state index is 5.94. The van der Waals surface area contributed by atoms with Crippen LogP contribution in [0.25, 0.3) is 0 Å². The monoisotopic (exact) mass is 408 g/mol. The van der Waals surface area contributed by atoms with E-state index in [1.165, 1.54) is 30.4 Å². The Labute approximate surface area is 148 Å². The van der Waals surface area contributed by atoms with Gasteiger partial charge in [-0.2, -0.15) is 0 Å². The summed E-state index contributed by atoms with van der Waals surface area (Å²) >= 11 is 0. The molecule has 22 heavy (non-hydrogen) atoms. The summed E-state index contributed by atoms with van der Waals surface area (Å²) in [6.45, 7) is 0.725. The van der Waals surface area contributed by atoms with Gasteiger partial charge in [0.25, 0.3) is 0 Å². The number of anilines is 1. The highest BCUT2D eigenvalue weighted by Gasteiger charge is 2.19. The minimum atomic E-state index is 0. The molecule has 1 aliphatic rings. The summed E-state index contributed by atoms with van der Waals surface area (Å²) in [5.41, 5.74) is 8.83. The SMILES string of the molecule is I.NC(=NCC1CCCc2ccccc21)Nc1ccccn1. The molecular weight excluding hydrogens is 387 g/mol. The molecule has 1 atom stereocenters. The number of nitrogens with two attached hydrogens (primary N) is 1. The molecule has 5 heteroatoms. The van der Waals surface area contributed by atoms with E-state index in [1.807, 2.05) is 18.2 Å². The molecule has 3 rings (SSSR count). The molecule has 0 spiro atoms. The number of hydrogen-bond donors (Lipinski definition) is 2. The summed E-state index contributed by atoms with van der Waals surface area (Å²) in [4.78, 5) is 8.66. The molecule has 2 aromatic rings. The molecule has 0 radical (unpaired) electrons. The lowest BCUT2D eigenvalue weighted by Gasteiger charge is -2.24. The lowest BCUT2D eigenvalue weighted by atomic mass is 9.83. The fourth-order valence-electron chi connectivity index (χ4n) is 2.86. The maximum Gasteiger partial charge on any atom is 0.194 e. The third kappa shape index (κ3) is 4.19. The fourth-order valence-corrected chi connectivity index (χ4v) is 2.86. The minimum absolute atomic E-state index is 0. The van der Waals surface area contributed by atoms with E-state index in [-0.39, 0.29) is 24.0 Å². The normalized spacial score (nSPS) is 17.3. The van der Waals surface area contributed by atoms with E-state index in [2.05, 4.69) is 39.6 Å².